The minimum atomic E-state index is -0.494. The number of aryl methyl sites for hydroxylation is 1. The zero-order chi connectivity index (χ0) is 15.4. The van der Waals surface area contributed by atoms with Gasteiger partial charge in [0.05, 0.1) is 14.7 Å². The molecular weight excluding hydrogens is 292 g/mol. The van der Waals surface area contributed by atoms with Crippen molar-refractivity contribution in [3.05, 3.63) is 55.8 Å². The summed E-state index contributed by atoms with van der Waals surface area (Å²) < 4.78 is 0. The number of amides is 1. The summed E-state index contributed by atoms with van der Waals surface area (Å²) in [6.45, 7) is 1.69. The van der Waals surface area contributed by atoms with Crippen LogP contribution in [0.3, 0.4) is 0 Å². The minimum Gasteiger partial charge on any atom is -0.396 e. The largest absolute Gasteiger partial charge is 0.396 e. The molecular formula is C14H14N2O4S. The van der Waals surface area contributed by atoms with Crippen LogP contribution in [-0.2, 0) is 6.42 Å². The number of hydrogen-bond donors (Lipinski definition) is 2. The Morgan fingerprint density at radius 3 is 2.57 bits per heavy atom. The number of carbonyl (C=O) groups is 1. The van der Waals surface area contributed by atoms with E-state index in [4.69, 9.17) is 5.11 Å². The molecule has 2 aromatic rings. The lowest BCUT2D eigenvalue weighted by molar-refractivity contribution is -0.385. The van der Waals surface area contributed by atoms with Crippen molar-refractivity contribution in [2.24, 2.45) is 0 Å². The standard InChI is InChI=1S/C14H14N2O4S/c1-9-12(16(19)20)8-13(21-9)14(18)15-11-4-2-10(3-5-11)6-7-17/h2-5,8,17H,6-7H2,1H3,(H,15,18). The first-order chi connectivity index (χ1) is 10.0. The fourth-order valence-electron chi connectivity index (χ4n) is 1.84. The summed E-state index contributed by atoms with van der Waals surface area (Å²) in [5.74, 6) is -0.369. The van der Waals surface area contributed by atoms with Crippen LogP contribution >= 0.6 is 11.3 Å². The fraction of sp³-hybridized carbons (Fsp3) is 0.214. The normalized spacial score (nSPS) is 10.4. The molecule has 1 aromatic heterocycles. The molecule has 0 aliphatic heterocycles. The molecule has 1 amide bonds. The van der Waals surface area contributed by atoms with Crippen LogP contribution in [0.25, 0.3) is 0 Å². The molecule has 110 valence electrons. The molecule has 0 saturated carbocycles. The summed E-state index contributed by atoms with van der Waals surface area (Å²) in [5, 5.41) is 22.3. The summed E-state index contributed by atoms with van der Waals surface area (Å²) in [5.41, 5.74) is 1.54. The number of hydrogen-bond acceptors (Lipinski definition) is 5. The van der Waals surface area contributed by atoms with Crippen molar-refractivity contribution in [1.29, 1.82) is 0 Å². The van der Waals surface area contributed by atoms with E-state index in [0.29, 0.717) is 21.9 Å². The molecule has 21 heavy (non-hydrogen) atoms. The van der Waals surface area contributed by atoms with Gasteiger partial charge in [0, 0.05) is 18.4 Å². The number of aliphatic hydroxyl groups excluding tert-OH is 1. The van der Waals surface area contributed by atoms with Gasteiger partial charge in [0.1, 0.15) is 0 Å². The van der Waals surface area contributed by atoms with E-state index in [2.05, 4.69) is 5.32 Å². The lowest BCUT2D eigenvalue weighted by Gasteiger charge is -2.04. The van der Waals surface area contributed by atoms with Crippen molar-refractivity contribution in [3.63, 3.8) is 0 Å². The number of aliphatic hydroxyl groups is 1. The lowest BCUT2D eigenvalue weighted by atomic mass is 10.1. The summed E-state index contributed by atoms with van der Waals surface area (Å²) in [4.78, 5) is 23.1. The number of anilines is 1. The van der Waals surface area contributed by atoms with E-state index in [1.54, 1.807) is 19.1 Å². The van der Waals surface area contributed by atoms with Gasteiger partial charge < -0.3 is 10.4 Å². The maximum Gasteiger partial charge on any atom is 0.283 e. The van der Waals surface area contributed by atoms with Crippen LogP contribution in [0, 0.1) is 17.0 Å². The van der Waals surface area contributed by atoms with Crippen molar-refractivity contribution in [2.45, 2.75) is 13.3 Å². The van der Waals surface area contributed by atoms with Crippen LogP contribution in [0.4, 0.5) is 11.4 Å². The average molecular weight is 306 g/mol. The highest BCUT2D eigenvalue weighted by Crippen LogP contribution is 2.28. The smallest absolute Gasteiger partial charge is 0.283 e. The molecule has 2 rings (SSSR count). The molecule has 7 heteroatoms. The van der Waals surface area contributed by atoms with Crippen molar-refractivity contribution in [3.8, 4) is 0 Å². The Balaban J connectivity index is 2.10. The second-order valence-electron chi connectivity index (χ2n) is 4.43. The first-order valence-electron chi connectivity index (χ1n) is 6.27. The second-order valence-corrected chi connectivity index (χ2v) is 5.69. The fourth-order valence-corrected chi connectivity index (χ4v) is 2.72. The van der Waals surface area contributed by atoms with E-state index >= 15 is 0 Å². The molecule has 0 bridgehead atoms. The third-order valence-corrected chi connectivity index (χ3v) is 3.96. The first kappa shape index (κ1) is 15.1. The van der Waals surface area contributed by atoms with Crippen LogP contribution < -0.4 is 5.32 Å². The topological polar surface area (TPSA) is 92.5 Å². The average Bonchev–Trinajstić information content (AvgIpc) is 2.84. The Morgan fingerprint density at radius 2 is 2.05 bits per heavy atom. The predicted octanol–water partition coefficient (Wildman–Crippen LogP) is 2.75. The summed E-state index contributed by atoms with van der Waals surface area (Å²) in [6, 6.07) is 8.38. The molecule has 0 saturated heterocycles. The molecule has 0 fully saturated rings. The number of nitrogens with one attached hydrogen (secondary N) is 1. The van der Waals surface area contributed by atoms with Crippen molar-refractivity contribution in [2.75, 3.05) is 11.9 Å². The quantitative estimate of drug-likeness (QED) is 0.656. The maximum atomic E-state index is 12.0. The van der Waals surface area contributed by atoms with Gasteiger partial charge in [0.15, 0.2) is 0 Å². The van der Waals surface area contributed by atoms with Gasteiger partial charge in [-0.15, -0.1) is 11.3 Å². The molecule has 0 atom stereocenters. The van der Waals surface area contributed by atoms with Crippen molar-refractivity contribution < 1.29 is 14.8 Å². The van der Waals surface area contributed by atoms with E-state index in [0.717, 1.165) is 16.9 Å². The van der Waals surface area contributed by atoms with Gasteiger partial charge in [0.25, 0.3) is 11.6 Å². The number of nitro groups is 1. The van der Waals surface area contributed by atoms with Gasteiger partial charge in [-0.1, -0.05) is 12.1 Å². The third kappa shape index (κ3) is 3.65. The third-order valence-electron chi connectivity index (χ3n) is 2.92. The molecule has 0 aliphatic carbocycles. The summed E-state index contributed by atoms with van der Waals surface area (Å²) in [7, 11) is 0. The van der Waals surface area contributed by atoms with Crippen LogP contribution in [0.1, 0.15) is 20.1 Å². The van der Waals surface area contributed by atoms with Crippen LogP contribution in [-0.4, -0.2) is 22.5 Å². The molecule has 0 spiro atoms. The van der Waals surface area contributed by atoms with Gasteiger partial charge in [-0.2, -0.15) is 0 Å². The highest BCUT2D eigenvalue weighted by Gasteiger charge is 2.19. The molecule has 0 unspecified atom stereocenters. The zero-order valence-electron chi connectivity index (χ0n) is 11.3. The van der Waals surface area contributed by atoms with Crippen molar-refractivity contribution in [1.82, 2.24) is 0 Å². The van der Waals surface area contributed by atoms with Gasteiger partial charge in [-0.25, -0.2) is 0 Å². The van der Waals surface area contributed by atoms with Crippen LogP contribution in [0.5, 0.6) is 0 Å². The predicted molar refractivity (Wildman–Crippen MR) is 80.9 cm³/mol. The Kier molecular flexibility index (Phi) is 4.66. The number of rotatable bonds is 5. The highest BCUT2D eigenvalue weighted by molar-refractivity contribution is 7.14. The molecule has 1 aromatic carbocycles. The Morgan fingerprint density at radius 1 is 1.38 bits per heavy atom. The van der Waals surface area contributed by atoms with Gasteiger partial charge >= 0.3 is 0 Å². The molecule has 2 N–H and O–H groups in total. The first-order valence-corrected chi connectivity index (χ1v) is 7.09. The maximum absolute atomic E-state index is 12.0. The van der Waals surface area contributed by atoms with Crippen LogP contribution in [0.2, 0.25) is 0 Å². The van der Waals surface area contributed by atoms with Gasteiger partial charge in [-0.3, -0.25) is 14.9 Å². The number of benzene rings is 1. The zero-order valence-corrected chi connectivity index (χ0v) is 12.1. The number of thiophene rings is 1. The minimum absolute atomic E-state index is 0.0385. The molecule has 1 heterocycles. The highest BCUT2D eigenvalue weighted by atomic mass is 32.1. The Hall–Kier alpha value is -2.25. The molecule has 0 aliphatic rings. The second kappa shape index (κ2) is 6.47. The van der Waals surface area contributed by atoms with E-state index in [-0.39, 0.29) is 18.2 Å². The number of carbonyl (C=O) groups excluding carboxylic acids is 1. The SMILES string of the molecule is Cc1sc(C(=O)Nc2ccc(CCO)cc2)cc1[N+](=O)[O-]. The van der Waals surface area contributed by atoms with E-state index in [1.807, 2.05) is 12.1 Å². The van der Waals surface area contributed by atoms with E-state index in [9.17, 15) is 14.9 Å². The van der Waals surface area contributed by atoms with Gasteiger partial charge in [-0.05, 0) is 31.0 Å². The van der Waals surface area contributed by atoms with E-state index < -0.39 is 4.92 Å². The van der Waals surface area contributed by atoms with Crippen molar-refractivity contribution >= 4 is 28.6 Å². The molecule has 6 nitrogen and oxygen atoms in total. The van der Waals surface area contributed by atoms with Crippen LogP contribution in [0.15, 0.2) is 30.3 Å². The monoisotopic (exact) mass is 306 g/mol. The summed E-state index contributed by atoms with van der Waals surface area (Å²) >= 11 is 1.09. The molecule has 0 radical (unpaired) electrons. The Bertz CT molecular complexity index is 664. The van der Waals surface area contributed by atoms with E-state index in [1.165, 1.54) is 6.07 Å². The van der Waals surface area contributed by atoms with Gasteiger partial charge in [0.2, 0.25) is 0 Å². The Labute approximate surface area is 125 Å². The summed E-state index contributed by atoms with van der Waals surface area (Å²) in [6.07, 6.45) is 0.560. The number of nitrogens with zero attached hydrogens (tertiary/aromatic N) is 1. The lowest BCUT2D eigenvalue weighted by Crippen LogP contribution is -2.10.